The van der Waals surface area contributed by atoms with Crippen LogP contribution in [0.25, 0.3) is 0 Å². The van der Waals surface area contributed by atoms with E-state index in [0.29, 0.717) is 25.2 Å². The molecule has 0 aliphatic carbocycles. The minimum atomic E-state index is -1.11. The Bertz CT molecular complexity index is 939. The fourth-order valence-corrected chi connectivity index (χ4v) is 3.05. The molecule has 0 saturated carbocycles. The van der Waals surface area contributed by atoms with Crippen LogP contribution in [-0.2, 0) is 17.8 Å². The average molecular weight is 380 g/mol. The quantitative estimate of drug-likeness (QED) is 0.445. The first kappa shape index (κ1) is 19.3. The van der Waals surface area contributed by atoms with E-state index in [0.717, 1.165) is 5.56 Å². The predicted molar refractivity (Wildman–Crippen MR) is 103 cm³/mol. The number of nitro benzene ring substituents is 1. The number of benzene rings is 2. The third kappa shape index (κ3) is 4.83. The van der Waals surface area contributed by atoms with Crippen molar-refractivity contribution in [3.05, 3.63) is 99.9 Å². The molecule has 0 amide bonds. The summed E-state index contributed by atoms with van der Waals surface area (Å²) in [6.45, 7) is 0.769. The summed E-state index contributed by atoms with van der Waals surface area (Å²) in [7, 11) is 0. The number of aromatic carboxylic acids is 1. The van der Waals surface area contributed by atoms with Gasteiger partial charge in [0, 0.05) is 24.5 Å². The van der Waals surface area contributed by atoms with Crippen molar-refractivity contribution in [2.24, 2.45) is 0 Å². The van der Waals surface area contributed by atoms with Crippen LogP contribution in [-0.4, -0.2) is 27.2 Å². The number of carboxylic acid groups (broad SMARTS) is 1. The minimum Gasteiger partial charge on any atom is -0.478 e. The molecular weight excluding hydrogens is 360 g/mol. The summed E-state index contributed by atoms with van der Waals surface area (Å²) in [6.07, 6.45) is 4.04. The van der Waals surface area contributed by atoms with Crippen LogP contribution in [0.4, 0.5) is 5.69 Å². The molecule has 2 aromatic carbocycles. The van der Waals surface area contributed by atoms with Gasteiger partial charge >= 0.3 is 5.97 Å². The van der Waals surface area contributed by atoms with Crippen molar-refractivity contribution >= 4 is 11.7 Å². The fraction of sp³-hybridized carbons (Fsp3) is 0.190. The lowest BCUT2D eigenvalue weighted by Crippen LogP contribution is -2.18. The second-order valence-electron chi connectivity index (χ2n) is 6.39. The molecule has 1 N–H and O–H groups in total. The van der Waals surface area contributed by atoms with Crippen LogP contribution < -0.4 is 0 Å². The number of nitrogens with zero attached hydrogens (tertiary/aromatic N) is 2. The summed E-state index contributed by atoms with van der Waals surface area (Å²) < 4.78 is 7.78. The highest BCUT2D eigenvalue weighted by molar-refractivity contribution is 5.89. The topological polar surface area (TPSA) is 94.6 Å². The maximum Gasteiger partial charge on any atom is 0.335 e. The number of carboxylic acids is 1. The Kier molecular flexibility index (Phi) is 6.18. The molecule has 1 aromatic heterocycles. The summed E-state index contributed by atoms with van der Waals surface area (Å²) in [4.78, 5) is 22.1. The molecule has 0 spiro atoms. The van der Waals surface area contributed by atoms with E-state index in [1.54, 1.807) is 0 Å². The molecule has 7 nitrogen and oxygen atoms in total. The summed E-state index contributed by atoms with van der Waals surface area (Å²) in [6, 6.07) is 17.1. The van der Waals surface area contributed by atoms with Crippen LogP contribution in [0.15, 0.2) is 73.1 Å². The van der Waals surface area contributed by atoms with Crippen LogP contribution in [0.3, 0.4) is 0 Å². The Morgan fingerprint density at radius 1 is 1.11 bits per heavy atom. The zero-order valence-corrected chi connectivity index (χ0v) is 15.1. The molecule has 0 bridgehead atoms. The molecule has 0 fully saturated rings. The summed E-state index contributed by atoms with van der Waals surface area (Å²) in [5.41, 5.74) is 1.38. The number of non-ortho nitro benzene ring substituents is 1. The second kappa shape index (κ2) is 8.96. The SMILES string of the molecule is O=C(O)c1ccc([N+](=O)[O-])cc1C[C@@H](COCc1ccccc1)n1cccc1. The second-order valence-corrected chi connectivity index (χ2v) is 6.39. The fourth-order valence-electron chi connectivity index (χ4n) is 3.05. The van der Waals surface area contributed by atoms with E-state index < -0.39 is 10.9 Å². The molecule has 7 heteroatoms. The molecule has 0 saturated heterocycles. The van der Waals surface area contributed by atoms with Crippen molar-refractivity contribution in [3.8, 4) is 0 Å². The standard InChI is InChI=1S/C21H20N2O5/c24-21(25)20-9-8-18(23(26)27)12-17(20)13-19(22-10-4-5-11-22)15-28-14-16-6-2-1-3-7-16/h1-12,19H,13-15H2,(H,24,25)/t19-/m0/s1. The van der Waals surface area contributed by atoms with Crippen molar-refractivity contribution < 1.29 is 19.6 Å². The van der Waals surface area contributed by atoms with Crippen LogP contribution >= 0.6 is 0 Å². The van der Waals surface area contributed by atoms with Gasteiger partial charge in [-0.1, -0.05) is 30.3 Å². The van der Waals surface area contributed by atoms with Gasteiger partial charge in [-0.3, -0.25) is 10.1 Å². The van der Waals surface area contributed by atoms with Crippen molar-refractivity contribution in [2.75, 3.05) is 6.61 Å². The van der Waals surface area contributed by atoms with Crippen molar-refractivity contribution in [1.29, 1.82) is 0 Å². The summed E-state index contributed by atoms with van der Waals surface area (Å²) >= 11 is 0. The Labute approximate surface area is 162 Å². The molecule has 0 unspecified atom stereocenters. The van der Waals surface area contributed by atoms with Gasteiger partial charge in [0.2, 0.25) is 0 Å². The first-order valence-electron chi connectivity index (χ1n) is 8.79. The monoisotopic (exact) mass is 380 g/mol. The Balaban J connectivity index is 1.80. The van der Waals surface area contributed by atoms with E-state index in [-0.39, 0.29) is 17.3 Å². The van der Waals surface area contributed by atoms with Crippen molar-refractivity contribution in [2.45, 2.75) is 19.1 Å². The van der Waals surface area contributed by atoms with Crippen LogP contribution in [0, 0.1) is 10.1 Å². The number of hydrogen-bond acceptors (Lipinski definition) is 4. The van der Waals surface area contributed by atoms with E-state index in [9.17, 15) is 20.0 Å². The Hall–Kier alpha value is -3.45. The van der Waals surface area contributed by atoms with Crippen LogP contribution in [0.5, 0.6) is 0 Å². The normalized spacial score (nSPS) is 11.9. The predicted octanol–water partition coefficient (Wildman–Crippen LogP) is 4.10. The maximum atomic E-state index is 11.6. The molecule has 3 rings (SSSR count). The first-order valence-corrected chi connectivity index (χ1v) is 8.79. The Morgan fingerprint density at radius 3 is 2.46 bits per heavy atom. The highest BCUT2D eigenvalue weighted by Crippen LogP contribution is 2.24. The van der Waals surface area contributed by atoms with Gasteiger partial charge in [-0.25, -0.2) is 4.79 Å². The van der Waals surface area contributed by atoms with Gasteiger partial charge in [0.1, 0.15) is 0 Å². The maximum absolute atomic E-state index is 11.6. The molecule has 1 atom stereocenters. The third-order valence-electron chi connectivity index (χ3n) is 4.46. The van der Waals surface area contributed by atoms with E-state index in [2.05, 4.69) is 0 Å². The third-order valence-corrected chi connectivity index (χ3v) is 4.46. The van der Waals surface area contributed by atoms with Gasteiger partial charge in [0.05, 0.1) is 29.7 Å². The molecule has 0 radical (unpaired) electrons. The molecule has 144 valence electrons. The van der Waals surface area contributed by atoms with E-state index in [1.165, 1.54) is 18.2 Å². The van der Waals surface area contributed by atoms with Crippen molar-refractivity contribution in [1.82, 2.24) is 4.57 Å². The number of ether oxygens (including phenoxy) is 1. The molecule has 3 aromatic rings. The van der Waals surface area contributed by atoms with Crippen LogP contribution in [0.2, 0.25) is 0 Å². The van der Waals surface area contributed by atoms with Crippen LogP contribution in [0.1, 0.15) is 27.5 Å². The lowest BCUT2D eigenvalue weighted by Gasteiger charge is -2.20. The Morgan fingerprint density at radius 2 is 1.82 bits per heavy atom. The first-order chi connectivity index (χ1) is 13.5. The van der Waals surface area contributed by atoms with Gasteiger partial charge in [0.25, 0.3) is 5.69 Å². The van der Waals surface area contributed by atoms with Gasteiger partial charge in [0.15, 0.2) is 0 Å². The average Bonchev–Trinajstić information content (AvgIpc) is 3.22. The summed E-state index contributed by atoms with van der Waals surface area (Å²) in [5.74, 6) is -1.11. The zero-order chi connectivity index (χ0) is 19.9. The molecule has 28 heavy (non-hydrogen) atoms. The molecule has 0 aliphatic heterocycles. The molecule has 1 heterocycles. The van der Waals surface area contributed by atoms with E-state index in [1.807, 2.05) is 59.4 Å². The highest BCUT2D eigenvalue weighted by atomic mass is 16.6. The van der Waals surface area contributed by atoms with E-state index >= 15 is 0 Å². The minimum absolute atomic E-state index is 0.0609. The van der Waals surface area contributed by atoms with E-state index in [4.69, 9.17) is 4.74 Å². The highest BCUT2D eigenvalue weighted by Gasteiger charge is 2.20. The smallest absolute Gasteiger partial charge is 0.335 e. The van der Waals surface area contributed by atoms with Crippen molar-refractivity contribution in [3.63, 3.8) is 0 Å². The largest absolute Gasteiger partial charge is 0.478 e. The lowest BCUT2D eigenvalue weighted by molar-refractivity contribution is -0.384. The number of hydrogen-bond donors (Lipinski definition) is 1. The van der Waals surface area contributed by atoms with Gasteiger partial charge in [-0.2, -0.15) is 0 Å². The lowest BCUT2D eigenvalue weighted by atomic mass is 9.99. The molecular formula is C21H20N2O5. The number of aromatic nitrogens is 1. The zero-order valence-electron chi connectivity index (χ0n) is 15.1. The van der Waals surface area contributed by atoms with Gasteiger partial charge < -0.3 is 14.4 Å². The number of rotatable bonds is 9. The number of carbonyl (C=O) groups is 1. The number of nitro groups is 1. The summed E-state index contributed by atoms with van der Waals surface area (Å²) in [5, 5.41) is 20.6. The molecule has 0 aliphatic rings. The van der Waals surface area contributed by atoms with Gasteiger partial charge in [-0.05, 0) is 35.7 Å². The van der Waals surface area contributed by atoms with Gasteiger partial charge in [-0.15, -0.1) is 0 Å².